The second kappa shape index (κ2) is 5.90. The number of rotatable bonds is 4. The van der Waals surface area contributed by atoms with Crippen LogP contribution in [0.3, 0.4) is 0 Å². The van der Waals surface area contributed by atoms with E-state index < -0.39 is 0 Å². The van der Waals surface area contributed by atoms with Crippen LogP contribution >= 0.6 is 0 Å². The smallest absolute Gasteiger partial charge is 0.234 e. The van der Waals surface area contributed by atoms with Crippen LogP contribution in [0.15, 0.2) is 12.1 Å². The first kappa shape index (κ1) is 13.0. The van der Waals surface area contributed by atoms with Gasteiger partial charge >= 0.3 is 0 Å². The van der Waals surface area contributed by atoms with E-state index in [1.807, 2.05) is 32.0 Å². The van der Waals surface area contributed by atoms with Crippen LogP contribution in [-0.4, -0.2) is 13.0 Å². The lowest BCUT2D eigenvalue weighted by atomic mass is 10.0. The summed E-state index contributed by atoms with van der Waals surface area (Å²) in [6.45, 7) is 4.35. The fourth-order valence-corrected chi connectivity index (χ4v) is 1.69. The first-order valence-corrected chi connectivity index (χ1v) is 5.36. The Balaban J connectivity index is 2.84. The van der Waals surface area contributed by atoms with Crippen molar-refractivity contribution in [3.63, 3.8) is 0 Å². The van der Waals surface area contributed by atoms with Crippen molar-refractivity contribution in [2.24, 2.45) is 0 Å². The van der Waals surface area contributed by atoms with Crippen molar-refractivity contribution in [2.45, 2.75) is 26.8 Å². The molecular weight excluding hydrogens is 216 g/mol. The minimum Gasteiger partial charge on any atom is -0.496 e. The molecule has 0 aliphatic rings. The highest BCUT2D eigenvalue weighted by atomic mass is 16.5. The number of aryl methyl sites for hydroxylation is 2. The fourth-order valence-electron chi connectivity index (χ4n) is 1.69. The van der Waals surface area contributed by atoms with Crippen molar-refractivity contribution in [1.29, 1.82) is 5.26 Å². The van der Waals surface area contributed by atoms with E-state index in [-0.39, 0.29) is 12.3 Å². The summed E-state index contributed by atoms with van der Waals surface area (Å²) in [5.41, 5.74) is 3.13. The van der Waals surface area contributed by atoms with E-state index in [2.05, 4.69) is 5.32 Å². The first-order chi connectivity index (χ1) is 8.08. The number of hydrogen-bond donors (Lipinski definition) is 1. The van der Waals surface area contributed by atoms with Crippen LogP contribution in [0.5, 0.6) is 5.75 Å². The molecule has 0 spiro atoms. The van der Waals surface area contributed by atoms with Crippen molar-refractivity contribution in [1.82, 2.24) is 5.32 Å². The summed E-state index contributed by atoms with van der Waals surface area (Å²) in [6, 6.07) is 5.78. The zero-order chi connectivity index (χ0) is 12.8. The standard InChI is InChI=1S/C13H16N2O2/c1-9-6-10(2)11(12(7-9)17-3)8-15-13(16)4-5-14/h6-7H,4,8H2,1-3H3,(H,15,16). The summed E-state index contributed by atoms with van der Waals surface area (Å²) in [5.74, 6) is 0.495. The highest BCUT2D eigenvalue weighted by Crippen LogP contribution is 2.23. The number of benzene rings is 1. The molecule has 1 N–H and O–H groups in total. The molecule has 0 aliphatic heterocycles. The molecule has 90 valence electrons. The quantitative estimate of drug-likeness (QED) is 0.861. The Morgan fingerprint density at radius 2 is 2.18 bits per heavy atom. The molecule has 4 nitrogen and oxygen atoms in total. The number of methoxy groups -OCH3 is 1. The van der Waals surface area contributed by atoms with Gasteiger partial charge in [-0.3, -0.25) is 4.79 Å². The number of hydrogen-bond acceptors (Lipinski definition) is 3. The van der Waals surface area contributed by atoms with Crippen LogP contribution < -0.4 is 10.1 Å². The Morgan fingerprint density at radius 1 is 1.47 bits per heavy atom. The molecule has 0 bridgehead atoms. The number of nitrogens with zero attached hydrogens (tertiary/aromatic N) is 1. The number of nitrogens with one attached hydrogen (secondary N) is 1. The number of carbonyl (C=O) groups is 1. The van der Waals surface area contributed by atoms with Gasteiger partial charge in [-0.05, 0) is 31.0 Å². The second-order valence-corrected chi connectivity index (χ2v) is 3.87. The number of ether oxygens (including phenoxy) is 1. The highest BCUT2D eigenvalue weighted by molar-refractivity contribution is 5.78. The predicted molar refractivity (Wildman–Crippen MR) is 64.5 cm³/mol. The van der Waals surface area contributed by atoms with Gasteiger partial charge in [0.05, 0.1) is 13.2 Å². The van der Waals surface area contributed by atoms with Crippen LogP contribution in [0.1, 0.15) is 23.1 Å². The molecule has 0 fully saturated rings. The predicted octanol–water partition coefficient (Wildman–Crippen LogP) is 1.84. The molecule has 1 aromatic rings. The molecule has 0 saturated carbocycles. The van der Waals surface area contributed by atoms with Crippen molar-refractivity contribution < 1.29 is 9.53 Å². The molecule has 0 saturated heterocycles. The van der Waals surface area contributed by atoms with Gasteiger partial charge in [0.15, 0.2) is 0 Å². The summed E-state index contributed by atoms with van der Waals surface area (Å²) in [6.07, 6.45) is -0.118. The summed E-state index contributed by atoms with van der Waals surface area (Å²) in [5, 5.41) is 11.1. The highest BCUT2D eigenvalue weighted by Gasteiger charge is 2.09. The van der Waals surface area contributed by atoms with E-state index in [9.17, 15) is 4.79 Å². The lowest BCUT2D eigenvalue weighted by Gasteiger charge is -2.13. The Hall–Kier alpha value is -2.02. The molecule has 4 heteroatoms. The molecular formula is C13H16N2O2. The van der Waals surface area contributed by atoms with Gasteiger partial charge in [-0.2, -0.15) is 5.26 Å². The summed E-state index contributed by atoms with van der Waals surface area (Å²) >= 11 is 0. The van der Waals surface area contributed by atoms with Gasteiger partial charge in [-0.25, -0.2) is 0 Å². The van der Waals surface area contributed by atoms with Crippen LogP contribution in [0.2, 0.25) is 0 Å². The summed E-state index contributed by atoms with van der Waals surface area (Å²) in [7, 11) is 1.61. The van der Waals surface area contributed by atoms with Crippen LogP contribution in [0, 0.1) is 25.2 Å². The molecule has 0 radical (unpaired) electrons. The lowest BCUT2D eigenvalue weighted by molar-refractivity contribution is -0.120. The maximum absolute atomic E-state index is 11.2. The van der Waals surface area contributed by atoms with Gasteiger partial charge in [0.25, 0.3) is 0 Å². The molecule has 0 unspecified atom stereocenters. The maximum atomic E-state index is 11.2. The zero-order valence-electron chi connectivity index (χ0n) is 10.3. The number of carbonyl (C=O) groups excluding carboxylic acids is 1. The normalized spacial score (nSPS) is 9.53. The Kier molecular flexibility index (Phi) is 4.53. The van der Waals surface area contributed by atoms with Gasteiger partial charge in [-0.15, -0.1) is 0 Å². The summed E-state index contributed by atoms with van der Waals surface area (Å²) < 4.78 is 5.28. The zero-order valence-corrected chi connectivity index (χ0v) is 10.3. The molecule has 0 aliphatic carbocycles. The largest absolute Gasteiger partial charge is 0.496 e. The van der Waals surface area contributed by atoms with E-state index in [4.69, 9.17) is 10.00 Å². The van der Waals surface area contributed by atoms with Gasteiger partial charge in [0.1, 0.15) is 12.2 Å². The van der Waals surface area contributed by atoms with E-state index >= 15 is 0 Å². The molecule has 0 heterocycles. The molecule has 17 heavy (non-hydrogen) atoms. The average molecular weight is 232 g/mol. The van der Waals surface area contributed by atoms with E-state index in [0.717, 1.165) is 22.4 Å². The maximum Gasteiger partial charge on any atom is 0.234 e. The molecule has 0 aromatic heterocycles. The van der Waals surface area contributed by atoms with Crippen molar-refractivity contribution >= 4 is 5.91 Å². The third-order valence-corrected chi connectivity index (χ3v) is 2.50. The number of amides is 1. The van der Waals surface area contributed by atoms with Crippen LogP contribution in [0.25, 0.3) is 0 Å². The third-order valence-electron chi connectivity index (χ3n) is 2.50. The van der Waals surface area contributed by atoms with Crippen LogP contribution in [-0.2, 0) is 11.3 Å². The minimum absolute atomic E-state index is 0.118. The Labute approximate surface area is 101 Å². The van der Waals surface area contributed by atoms with Gasteiger partial charge in [0.2, 0.25) is 5.91 Å². The van der Waals surface area contributed by atoms with E-state index in [1.54, 1.807) is 7.11 Å². The topological polar surface area (TPSA) is 62.1 Å². The van der Waals surface area contributed by atoms with Crippen LogP contribution in [0.4, 0.5) is 0 Å². The molecule has 1 aromatic carbocycles. The fraction of sp³-hybridized carbons (Fsp3) is 0.385. The second-order valence-electron chi connectivity index (χ2n) is 3.87. The molecule has 1 rings (SSSR count). The molecule has 1 amide bonds. The summed E-state index contributed by atoms with van der Waals surface area (Å²) in [4.78, 5) is 11.2. The van der Waals surface area contributed by atoms with Gasteiger partial charge in [0, 0.05) is 12.1 Å². The van der Waals surface area contributed by atoms with Crippen molar-refractivity contribution in [3.8, 4) is 11.8 Å². The Morgan fingerprint density at radius 3 is 2.76 bits per heavy atom. The van der Waals surface area contributed by atoms with Gasteiger partial charge < -0.3 is 10.1 Å². The van der Waals surface area contributed by atoms with Crippen molar-refractivity contribution in [3.05, 3.63) is 28.8 Å². The average Bonchev–Trinajstić information content (AvgIpc) is 2.27. The SMILES string of the molecule is COc1cc(C)cc(C)c1CNC(=O)CC#N. The first-order valence-electron chi connectivity index (χ1n) is 5.36. The lowest BCUT2D eigenvalue weighted by Crippen LogP contribution is -2.22. The Bertz CT molecular complexity index is 461. The van der Waals surface area contributed by atoms with Crippen molar-refractivity contribution in [2.75, 3.05) is 7.11 Å². The number of nitriles is 1. The third kappa shape index (κ3) is 3.49. The molecule has 0 atom stereocenters. The van der Waals surface area contributed by atoms with Gasteiger partial charge in [-0.1, -0.05) is 6.07 Å². The van der Waals surface area contributed by atoms with E-state index in [1.165, 1.54) is 0 Å². The monoisotopic (exact) mass is 232 g/mol. The van der Waals surface area contributed by atoms with E-state index in [0.29, 0.717) is 6.54 Å². The minimum atomic E-state index is -0.269.